The molecule has 0 spiro atoms. The van der Waals surface area contributed by atoms with Crippen LogP contribution < -0.4 is 15.8 Å². The van der Waals surface area contributed by atoms with E-state index in [1.807, 2.05) is 0 Å². The molecule has 0 aliphatic carbocycles. The minimum absolute atomic E-state index is 0.0296. The molecule has 0 bridgehead atoms. The summed E-state index contributed by atoms with van der Waals surface area (Å²) in [5.41, 5.74) is 6.29. The van der Waals surface area contributed by atoms with E-state index in [9.17, 15) is 4.79 Å². The predicted molar refractivity (Wildman–Crippen MR) is 68.7 cm³/mol. The number of rotatable bonds is 5. The van der Waals surface area contributed by atoms with Crippen LogP contribution in [0.3, 0.4) is 0 Å². The van der Waals surface area contributed by atoms with E-state index in [2.05, 4.69) is 19.2 Å². The average Bonchev–Trinajstić information content (AvgIpc) is 2.55. The third-order valence-electron chi connectivity index (χ3n) is 2.41. The molecule has 1 rings (SSSR count). The monoisotopic (exact) mass is 242 g/mol. The lowest BCUT2D eigenvalue weighted by molar-refractivity contribution is 0.102. The van der Waals surface area contributed by atoms with Gasteiger partial charge in [-0.2, -0.15) is 0 Å². The van der Waals surface area contributed by atoms with Crippen LogP contribution >= 0.6 is 11.3 Å². The number of methoxy groups -OCH3 is 1. The van der Waals surface area contributed by atoms with Gasteiger partial charge in [0.15, 0.2) is 11.5 Å². The molecule has 0 radical (unpaired) electrons. The van der Waals surface area contributed by atoms with E-state index in [4.69, 9.17) is 10.5 Å². The number of ether oxygens (including phenoxy) is 1. The van der Waals surface area contributed by atoms with Crippen LogP contribution in [-0.2, 0) is 0 Å². The molecule has 0 saturated heterocycles. The summed E-state index contributed by atoms with van der Waals surface area (Å²) in [7, 11) is 1.56. The summed E-state index contributed by atoms with van der Waals surface area (Å²) < 4.78 is 5.22. The van der Waals surface area contributed by atoms with Crippen molar-refractivity contribution in [1.29, 1.82) is 0 Å². The Hall–Kier alpha value is -1.23. The van der Waals surface area contributed by atoms with Crippen molar-refractivity contribution in [2.45, 2.75) is 33.2 Å². The molecule has 0 aromatic carbocycles. The summed E-state index contributed by atoms with van der Waals surface area (Å²) in [6.45, 7) is 5.67. The van der Waals surface area contributed by atoms with Crippen LogP contribution in [0.5, 0.6) is 5.75 Å². The third kappa shape index (κ3) is 2.47. The molecule has 1 unspecified atom stereocenters. The second-order valence-electron chi connectivity index (χ2n) is 3.72. The number of nitrogens with two attached hydrogens (primary N) is 1. The summed E-state index contributed by atoms with van der Waals surface area (Å²) in [6.07, 6.45) is 0.996. The number of nitrogens with one attached hydrogen (secondary N) is 1. The number of ketones is 1. The van der Waals surface area contributed by atoms with Gasteiger partial charge in [-0.05, 0) is 13.3 Å². The lowest BCUT2D eigenvalue weighted by Gasteiger charge is -2.12. The Kier molecular flexibility index (Phi) is 4.18. The first-order chi connectivity index (χ1) is 7.51. The normalized spacial score (nSPS) is 12.2. The number of thiophene rings is 1. The first kappa shape index (κ1) is 12.8. The maximum atomic E-state index is 11.4. The molecule has 0 saturated carbocycles. The summed E-state index contributed by atoms with van der Waals surface area (Å²) in [4.78, 5) is 11.9. The zero-order chi connectivity index (χ0) is 12.3. The van der Waals surface area contributed by atoms with E-state index in [-0.39, 0.29) is 5.78 Å². The molecule has 5 heteroatoms. The summed E-state index contributed by atoms with van der Waals surface area (Å²) >= 11 is 1.35. The molecule has 1 atom stereocenters. The van der Waals surface area contributed by atoms with Gasteiger partial charge in [-0.1, -0.05) is 6.92 Å². The van der Waals surface area contributed by atoms with Gasteiger partial charge in [0, 0.05) is 13.0 Å². The van der Waals surface area contributed by atoms with Gasteiger partial charge >= 0.3 is 0 Å². The molecule has 4 nitrogen and oxygen atoms in total. The Labute approximate surface area is 99.8 Å². The van der Waals surface area contributed by atoms with Gasteiger partial charge in [0.2, 0.25) is 0 Å². The Morgan fingerprint density at radius 3 is 2.69 bits per heavy atom. The van der Waals surface area contributed by atoms with Gasteiger partial charge in [0.05, 0.1) is 17.7 Å². The molecule has 0 amide bonds. The number of carbonyl (C=O) groups excluding carboxylic acids is 1. The zero-order valence-corrected chi connectivity index (χ0v) is 10.9. The summed E-state index contributed by atoms with van der Waals surface area (Å²) in [6, 6.07) is 0.326. The minimum atomic E-state index is -0.0296. The zero-order valence-electron chi connectivity index (χ0n) is 10.1. The average molecular weight is 242 g/mol. The highest BCUT2D eigenvalue weighted by molar-refractivity contribution is 7.19. The van der Waals surface area contributed by atoms with Crippen LogP contribution in [0.15, 0.2) is 0 Å². The van der Waals surface area contributed by atoms with Crippen LogP contribution in [0.1, 0.15) is 36.9 Å². The van der Waals surface area contributed by atoms with Crippen molar-refractivity contribution >= 4 is 27.8 Å². The van der Waals surface area contributed by atoms with Gasteiger partial charge in [-0.25, -0.2) is 0 Å². The first-order valence-corrected chi connectivity index (χ1v) is 6.06. The highest BCUT2D eigenvalue weighted by Gasteiger charge is 2.20. The second-order valence-corrected chi connectivity index (χ2v) is 4.74. The number of carbonyl (C=O) groups is 1. The molecule has 0 aliphatic rings. The van der Waals surface area contributed by atoms with Crippen LogP contribution in [0, 0.1) is 0 Å². The molecule has 90 valence electrons. The molecule has 1 aromatic rings. The van der Waals surface area contributed by atoms with Crippen molar-refractivity contribution in [3.8, 4) is 5.75 Å². The van der Waals surface area contributed by atoms with Gasteiger partial charge < -0.3 is 15.8 Å². The highest BCUT2D eigenvalue weighted by Crippen LogP contribution is 2.42. The fraction of sp³-hybridized carbons (Fsp3) is 0.545. The van der Waals surface area contributed by atoms with E-state index in [0.717, 1.165) is 11.4 Å². The molecular formula is C11H18N2O2S. The van der Waals surface area contributed by atoms with E-state index >= 15 is 0 Å². The lowest BCUT2D eigenvalue weighted by atomic mass is 10.2. The van der Waals surface area contributed by atoms with E-state index in [1.165, 1.54) is 18.3 Å². The Morgan fingerprint density at radius 1 is 1.62 bits per heavy atom. The van der Waals surface area contributed by atoms with Gasteiger partial charge in [-0.15, -0.1) is 11.3 Å². The fourth-order valence-corrected chi connectivity index (χ4v) is 2.41. The van der Waals surface area contributed by atoms with Crippen LogP contribution in [0.25, 0.3) is 0 Å². The topological polar surface area (TPSA) is 64.4 Å². The summed E-state index contributed by atoms with van der Waals surface area (Å²) in [5, 5.41) is 4.12. The van der Waals surface area contributed by atoms with Crippen LogP contribution in [0.2, 0.25) is 0 Å². The van der Waals surface area contributed by atoms with Crippen molar-refractivity contribution in [2.24, 2.45) is 0 Å². The fourth-order valence-electron chi connectivity index (χ4n) is 1.31. The Bertz CT molecular complexity index is 388. The molecule has 0 fully saturated rings. The van der Waals surface area contributed by atoms with Crippen molar-refractivity contribution in [2.75, 3.05) is 18.2 Å². The van der Waals surface area contributed by atoms with Crippen molar-refractivity contribution in [1.82, 2.24) is 0 Å². The smallest absolute Gasteiger partial charge is 0.176 e. The van der Waals surface area contributed by atoms with Gasteiger partial charge in [0.1, 0.15) is 5.00 Å². The SMILES string of the molecule is CCC(C)Nc1sc(C(C)=O)c(N)c1OC. The summed E-state index contributed by atoms with van der Waals surface area (Å²) in [5.74, 6) is 0.550. The largest absolute Gasteiger partial charge is 0.492 e. The number of nitrogen functional groups attached to an aromatic ring is 1. The van der Waals surface area contributed by atoms with Crippen LogP contribution in [-0.4, -0.2) is 18.9 Å². The molecular weight excluding hydrogens is 224 g/mol. The molecule has 1 heterocycles. The number of hydrogen-bond donors (Lipinski definition) is 2. The van der Waals surface area contributed by atoms with Gasteiger partial charge in [-0.3, -0.25) is 4.79 Å². The van der Waals surface area contributed by atoms with E-state index in [0.29, 0.717) is 22.4 Å². The van der Waals surface area contributed by atoms with Crippen molar-refractivity contribution < 1.29 is 9.53 Å². The maximum Gasteiger partial charge on any atom is 0.176 e. The maximum absolute atomic E-state index is 11.4. The third-order valence-corrected chi connectivity index (χ3v) is 3.63. The van der Waals surface area contributed by atoms with Crippen LogP contribution in [0.4, 0.5) is 10.7 Å². The lowest BCUT2D eigenvalue weighted by Crippen LogP contribution is -2.12. The Morgan fingerprint density at radius 2 is 2.25 bits per heavy atom. The number of Topliss-reactive ketones (excluding diaryl/α,β-unsaturated/α-hetero) is 1. The van der Waals surface area contributed by atoms with Crippen molar-refractivity contribution in [3.63, 3.8) is 0 Å². The van der Waals surface area contributed by atoms with Crippen molar-refractivity contribution in [3.05, 3.63) is 4.88 Å². The van der Waals surface area contributed by atoms with E-state index < -0.39 is 0 Å². The molecule has 16 heavy (non-hydrogen) atoms. The second kappa shape index (κ2) is 5.21. The quantitative estimate of drug-likeness (QED) is 0.779. The first-order valence-electron chi connectivity index (χ1n) is 5.24. The number of hydrogen-bond acceptors (Lipinski definition) is 5. The van der Waals surface area contributed by atoms with Gasteiger partial charge in [0.25, 0.3) is 0 Å². The minimum Gasteiger partial charge on any atom is -0.492 e. The standard InChI is InChI=1S/C11H18N2O2S/c1-5-6(2)13-11-9(15-4)8(12)10(16-11)7(3)14/h6,13H,5,12H2,1-4H3. The molecule has 1 aromatic heterocycles. The van der Waals surface area contributed by atoms with E-state index in [1.54, 1.807) is 7.11 Å². The Balaban J connectivity index is 3.08. The number of anilines is 2. The molecule has 3 N–H and O–H groups in total. The highest BCUT2D eigenvalue weighted by atomic mass is 32.1. The predicted octanol–water partition coefficient (Wildman–Crippen LogP) is 2.75. The molecule has 0 aliphatic heterocycles.